The number of carbonyl (C=O) groups excluding carboxylic acids is 1. The van der Waals surface area contributed by atoms with Crippen molar-refractivity contribution in [2.75, 3.05) is 6.54 Å². The molecule has 0 aliphatic heterocycles. The fourth-order valence-corrected chi connectivity index (χ4v) is 4.39. The van der Waals surface area contributed by atoms with Crippen molar-refractivity contribution in [1.82, 2.24) is 29.9 Å². The van der Waals surface area contributed by atoms with Gasteiger partial charge in [0.05, 0.1) is 22.8 Å². The lowest BCUT2D eigenvalue weighted by molar-refractivity contribution is 0.0935. The van der Waals surface area contributed by atoms with Crippen molar-refractivity contribution in [3.05, 3.63) is 66.1 Å². The number of carbonyl (C=O) groups is 1. The van der Waals surface area contributed by atoms with Gasteiger partial charge in [-0.3, -0.25) is 9.48 Å². The lowest BCUT2D eigenvalue weighted by atomic mass is 9.86. The summed E-state index contributed by atoms with van der Waals surface area (Å²) < 4.78 is 44.6. The van der Waals surface area contributed by atoms with Crippen LogP contribution >= 0.6 is 0 Å². The SMILES string of the molecule is O=C(NC[C@H]1CC[C@H](n2cc3ccc(-n4cncn4)cc3n2)CC1)c1cc(F)c(O)c(F)c1F. The summed E-state index contributed by atoms with van der Waals surface area (Å²) in [6.45, 7) is 0.261. The molecule has 5 rings (SSSR count). The third kappa shape index (κ3) is 4.09. The molecule has 1 amide bonds. The van der Waals surface area contributed by atoms with Gasteiger partial charge in [0.1, 0.15) is 12.7 Å². The van der Waals surface area contributed by atoms with Gasteiger partial charge in [0.2, 0.25) is 5.82 Å². The van der Waals surface area contributed by atoms with Crippen LogP contribution in [0.4, 0.5) is 13.2 Å². The number of hydrogen-bond acceptors (Lipinski definition) is 5. The van der Waals surface area contributed by atoms with Gasteiger partial charge in [0.25, 0.3) is 5.91 Å². The minimum absolute atomic E-state index is 0.152. The molecular weight excluding hydrogens is 449 g/mol. The number of phenols is 1. The van der Waals surface area contributed by atoms with Crippen LogP contribution in [0.15, 0.2) is 43.1 Å². The summed E-state index contributed by atoms with van der Waals surface area (Å²) in [6, 6.07) is 6.61. The first kappa shape index (κ1) is 21.9. The number of aromatic nitrogens is 5. The van der Waals surface area contributed by atoms with E-state index in [1.54, 1.807) is 11.0 Å². The highest BCUT2D eigenvalue weighted by molar-refractivity contribution is 5.94. The van der Waals surface area contributed by atoms with E-state index >= 15 is 0 Å². The quantitative estimate of drug-likeness (QED) is 0.431. The lowest BCUT2D eigenvalue weighted by Gasteiger charge is -2.28. The Hall–Kier alpha value is -3.89. The first-order chi connectivity index (χ1) is 16.4. The van der Waals surface area contributed by atoms with Crippen LogP contribution in [0.2, 0.25) is 0 Å². The zero-order valence-corrected chi connectivity index (χ0v) is 18.0. The molecular formula is C23H21F3N6O2. The summed E-state index contributed by atoms with van der Waals surface area (Å²) >= 11 is 0. The maximum Gasteiger partial charge on any atom is 0.254 e. The Morgan fingerprint density at radius 1 is 1.12 bits per heavy atom. The highest BCUT2D eigenvalue weighted by atomic mass is 19.2. The van der Waals surface area contributed by atoms with Crippen LogP contribution in [-0.2, 0) is 0 Å². The van der Waals surface area contributed by atoms with Gasteiger partial charge in [-0.1, -0.05) is 0 Å². The van der Waals surface area contributed by atoms with Gasteiger partial charge in [0, 0.05) is 18.1 Å². The van der Waals surface area contributed by atoms with Gasteiger partial charge in [-0.2, -0.15) is 14.6 Å². The molecule has 11 heteroatoms. The molecule has 0 atom stereocenters. The van der Waals surface area contributed by atoms with Crippen LogP contribution in [0.1, 0.15) is 42.1 Å². The molecule has 2 heterocycles. The first-order valence-corrected chi connectivity index (χ1v) is 10.9. The molecule has 34 heavy (non-hydrogen) atoms. The van der Waals surface area contributed by atoms with Crippen molar-refractivity contribution < 1.29 is 23.1 Å². The number of nitrogens with one attached hydrogen (secondary N) is 1. The van der Waals surface area contributed by atoms with E-state index in [9.17, 15) is 18.0 Å². The fourth-order valence-electron chi connectivity index (χ4n) is 4.39. The monoisotopic (exact) mass is 470 g/mol. The molecule has 4 aromatic rings. The van der Waals surface area contributed by atoms with E-state index in [0.717, 1.165) is 42.3 Å². The smallest absolute Gasteiger partial charge is 0.254 e. The normalized spacial score (nSPS) is 18.3. The van der Waals surface area contributed by atoms with Gasteiger partial charge in [-0.25, -0.2) is 18.4 Å². The molecule has 2 aromatic heterocycles. The molecule has 0 unspecified atom stereocenters. The van der Waals surface area contributed by atoms with E-state index in [4.69, 9.17) is 10.2 Å². The van der Waals surface area contributed by atoms with Crippen LogP contribution in [0.5, 0.6) is 5.75 Å². The zero-order chi connectivity index (χ0) is 23.8. The predicted octanol–water partition coefficient (Wildman–Crippen LogP) is 3.90. The molecule has 1 fully saturated rings. The van der Waals surface area contributed by atoms with Crippen molar-refractivity contribution in [2.24, 2.45) is 5.92 Å². The lowest BCUT2D eigenvalue weighted by Crippen LogP contribution is -2.32. The van der Waals surface area contributed by atoms with Gasteiger partial charge < -0.3 is 10.4 Å². The molecule has 2 aromatic carbocycles. The Morgan fingerprint density at radius 3 is 2.65 bits per heavy atom. The second-order valence-electron chi connectivity index (χ2n) is 8.46. The number of fused-ring (bicyclic) bond motifs is 1. The number of aromatic hydroxyl groups is 1. The van der Waals surface area contributed by atoms with Crippen molar-refractivity contribution in [1.29, 1.82) is 0 Å². The minimum atomic E-state index is -1.77. The Balaban J connectivity index is 1.19. The average Bonchev–Trinajstić information content (AvgIpc) is 3.53. The van der Waals surface area contributed by atoms with Gasteiger partial charge in [0.15, 0.2) is 17.4 Å². The second kappa shape index (κ2) is 8.81. The predicted molar refractivity (Wildman–Crippen MR) is 116 cm³/mol. The van der Waals surface area contributed by atoms with Crippen LogP contribution in [0.3, 0.4) is 0 Å². The van der Waals surface area contributed by atoms with E-state index in [2.05, 4.69) is 15.4 Å². The number of halogens is 3. The van der Waals surface area contributed by atoms with Crippen molar-refractivity contribution >= 4 is 16.8 Å². The maximum absolute atomic E-state index is 13.9. The molecule has 1 saturated carbocycles. The van der Waals surface area contributed by atoms with E-state index in [-0.39, 0.29) is 18.5 Å². The number of nitrogens with zero attached hydrogens (tertiary/aromatic N) is 5. The Morgan fingerprint density at radius 2 is 1.91 bits per heavy atom. The largest absolute Gasteiger partial charge is 0.503 e. The van der Waals surface area contributed by atoms with Gasteiger partial charge >= 0.3 is 0 Å². The van der Waals surface area contributed by atoms with Gasteiger partial charge in [-0.15, -0.1) is 0 Å². The molecule has 0 bridgehead atoms. The van der Waals surface area contributed by atoms with E-state index < -0.39 is 34.7 Å². The maximum atomic E-state index is 13.9. The number of rotatable bonds is 5. The van der Waals surface area contributed by atoms with Crippen LogP contribution < -0.4 is 5.32 Å². The van der Waals surface area contributed by atoms with Crippen molar-refractivity contribution in [3.8, 4) is 11.4 Å². The molecule has 0 radical (unpaired) electrons. The number of hydrogen-bond donors (Lipinski definition) is 2. The summed E-state index contributed by atoms with van der Waals surface area (Å²) in [5, 5.41) is 21.6. The topological polar surface area (TPSA) is 97.9 Å². The third-order valence-corrected chi connectivity index (χ3v) is 6.31. The molecule has 2 N–H and O–H groups in total. The molecule has 176 valence electrons. The highest BCUT2D eigenvalue weighted by Crippen LogP contribution is 2.33. The average molecular weight is 470 g/mol. The third-order valence-electron chi connectivity index (χ3n) is 6.31. The fraction of sp³-hybridized carbons (Fsp3) is 0.304. The van der Waals surface area contributed by atoms with E-state index in [1.807, 2.05) is 29.1 Å². The Labute approximate surface area is 192 Å². The Kier molecular flexibility index (Phi) is 5.68. The summed E-state index contributed by atoms with van der Waals surface area (Å²) in [5.41, 5.74) is 0.965. The second-order valence-corrected chi connectivity index (χ2v) is 8.46. The summed E-state index contributed by atoms with van der Waals surface area (Å²) in [6.07, 6.45) is 8.44. The van der Waals surface area contributed by atoms with E-state index in [0.29, 0.717) is 6.07 Å². The molecule has 8 nitrogen and oxygen atoms in total. The van der Waals surface area contributed by atoms with Crippen LogP contribution in [0, 0.1) is 23.4 Å². The minimum Gasteiger partial charge on any atom is -0.503 e. The van der Waals surface area contributed by atoms with E-state index in [1.165, 1.54) is 6.33 Å². The standard InChI is InChI=1S/C23H21F3N6O2/c24-18-8-17(20(25)21(26)22(18)33)23(34)28-9-13-1-4-15(5-2-13)31-10-14-3-6-16(7-19(14)30-31)32-12-27-11-29-32/h3,6-8,10-13,15,33H,1-2,4-5,9H2,(H,28,34)/t13-,15-. The summed E-state index contributed by atoms with van der Waals surface area (Å²) in [5.74, 6) is -6.93. The molecule has 1 aliphatic rings. The molecule has 0 saturated heterocycles. The van der Waals surface area contributed by atoms with Crippen LogP contribution in [-0.4, -0.2) is 42.1 Å². The molecule has 0 spiro atoms. The Bertz CT molecular complexity index is 1350. The number of amides is 1. The van der Waals surface area contributed by atoms with Crippen molar-refractivity contribution in [3.63, 3.8) is 0 Å². The first-order valence-electron chi connectivity index (χ1n) is 10.9. The zero-order valence-electron chi connectivity index (χ0n) is 18.0. The number of phenolic OH excluding ortho intramolecular Hbond substituents is 1. The molecule has 1 aliphatic carbocycles. The summed E-state index contributed by atoms with van der Waals surface area (Å²) in [7, 11) is 0. The summed E-state index contributed by atoms with van der Waals surface area (Å²) in [4.78, 5) is 16.2. The highest BCUT2D eigenvalue weighted by Gasteiger charge is 2.26. The van der Waals surface area contributed by atoms with Crippen LogP contribution in [0.25, 0.3) is 16.6 Å². The number of benzene rings is 2. The van der Waals surface area contributed by atoms with Crippen molar-refractivity contribution in [2.45, 2.75) is 31.7 Å². The van der Waals surface area contributed by atoms with Gasteiger partial charge in [-0.05, 0) is 55.9 Å².